The van der Waals surface area contributed by atoms with E-state index in [0.717, 1.165) is 21.5 Å². The highest BCUT2D eigenvalue weighted by Gasteiger charge is 2.18. The number of nitrogens with zero attached hydrogens (tertiary/aromatic N) is 1. The predicted octanol–water partition coefficient (Wildman–Crippen LogP) is 9.17. The van der Waals surface area contributed by atoms with Crippen molar-refractivity contribution in [2.75, 3.05) is 4.90 Å². The SMILES string of the molecule is CC(C)(C)c1ccc(N(c2ccc(C(C)(C)C)cc2)c2cc(Cl)cc(Br)c2)cc1. The summed E-state index contributed by atoms with van der Waals surface area (Å²) in [6, 6.07) is 23.6. The zero-order valence-electron chi connectivity index (χ0n) is 18.1. The monoisotopic (exact) mass is 469 g/mol. The first-order chi connectivity index (χ1) is 13.4. The van der Waals surface area contributed by atoms with Gasteiger partial charge in [-0.1, -0.05) is 93.3 Å². The van der Waals surface area contributed by atoms with Crippen molar-refractivity contribution < 1.29 is 0 Å². The number of benzene rings is 3. The molecule has 0 saturated carbocycles. The maximum atomic E-state index is 6.38. The molecule has 0 fully saturated rings. The lowest BCUT2D eigenvalue weighted by atomic mass is 9.86. The minimum atomic E-state index is 0.122. The molecular weight excluding hydrogens is 442 g/mol. The van der Waals surface area contributed by atoms with Crippen LogP contribution in [-0.2, 0) is 10.8 Å². The van der Waals surface area contributed by atoms with Crippen LogP contribution in [0.5, 0.6) is 0 Å². The molecule has 0 radical (unpaired) electrons. The Labute approximate surface area is 188 Å². The second-order valence-corrected chi connectivity index (χ2v) is 10.9. The van der Waals surface area contributed by atoms with E-state index in [2.05, 4.69) is 117 Å². The Morgan fingerprint density at radius 2 is 1.03 bits per heavy atom. The van der Waals surface area contributed by atoms with Gasteiger partial charge in [-0.3, -0.25) is 0 Å². The predicted molar refractivity (Wildman–Crippen MR) is 131 cm³/mol. The van der Waals surface area contributed by atoms with E-state index in [1.54, 1.807) is 0 Å². The van der Waals surface area contributed by atoms with Crippen LogP contribution in [0.2, 0.25) is 5.02 Å². The summed E-state index contributed by atoms with van der Waals surface area (Å²) in [6.45, 7) is 13.4. The van der Waals surface area contributed by atoms with Gasteiger partial charge >= 0.3 is 0 Å². The summed E-state index contributed by atoms with van der Waals surface area (Å²) in [4.78, 5) is 2.25. The highest BCUT2D eigenvalue weighted by molar-refractivity contribution is 9.10. The van der Waals surface area contributed by atoms with Crippen LogP contribution >= 0.6 is 27.5 Å². The van der Waals surface area contributed by atoms with Gasteiger partial charge in [-0.15, -0.1) is 0 Å². The molecule has 0 heterocycles. The van der Waals surface area contributed by atoms with Crippen molar-refractivity contribution in [1.29, 1.82) is 0 Å². The lowest BCUT2D eigenvalue weighted by Gasteiger charge is -2.28. The van der Waals surface area contributed by atoms with Crippen LogP contribution in [0.1, 0.15) is 52.7 Å². The minimum absolute atomic E-state index is 0.122. The Kier molecular flexibility index (Phi) is 6.17. The fraction of sp³-hybridized carbons (Fsp3) is 0.308. The van der Waals surface area contributed by atoms with Gasteiger partial charge in [0.25, 0.3) is 0 Å². The lowest BCUT2D eigenvalue weighted by Crippen LogP contribution is -2.14. The lowest BCUT2D eigenvalue weighted by molar-refractivity contribution is 0.590. The molecule has 0 aliphatic carbocycles. The molecule has 0 saturated heterocycles. The van der Waals surface area contributed by atoms with E-state index in [0.29, 0.717) is 5.02 Å². The van der Waals surface area contributed by atoms with E-state index in [1.165, 1.54) is 11.1 Å². The van der Waals surface area contributed by atoms with Crippen LogP contribution in [0, 0.1) is 0 Å². The summed E-state index contributed by atoms with van der Waals surface area (Å²) in [5.74, 6) is 0. The van der Waals surface area contributed by atoms with Gasteiger partial charge in [0.1, 0.15) is 0 Å². The zero-order chi connectivity index (χ0) is 21.4. The molecular formula is C26H29BrClN. The third kappa shape index (κ3) is 5.24. The van der Waals surface area contributed by atoms with Crippen LogP contribution < -0.4 is 4.90 Å². The fourth-order valence-electron chi connectivity index (χ4n) is 3.34. The molecule has 3 aromatic carbocycles. The first-order valence-electron chi connectivity index (χ1n) is 9.92. The molecule has 0 spiro atoms. The van der Waals surface area contributed by atoms with E-state index >= 15 is 0 Å². The Morgan fingerprint density at radius 3 is 1.38 bits per heavy atom. The number of halogens is 2. The maximum absolute atomic E-state index is 6.38. The molecule has 3 rings (SSSR count). The van der Waals surface area contributed by atoms with Crippen molar-refractivity contribution in [1.82, 2.24) is 0 Å². The molecule has 1 nitrogen and oxygen atoms in total. The maximum Gasteiger partial charge on any atom is 0.0487 e. The first kappa shape index (κ1) is 21.9. The Balaban J connectivity index is 2.12. The molecule has 0 amide bonds. The van der Waals surface area contributed by atoms with Gasteiger partial charge < -0.3 is 4.90 Å². The molecule has 0 unspecified atom stereocenters. The van der Waals surface area contributed by atoms with Gasteiger partial charge in [0.2, 0.25) is 0 Å². The van der Waals surface area contributed by atoms with Crippen LogP contribution in [-0.4, -0.2) is 0 Å². The third-order valence-electron chi connectivity index (χ3n) is 5.09. The van der Waals surface area contributed by atoms with Crippen LogP contribution in [0.25, 0.3) is 0 Å². The Bertz CT molecular complexity index is 899. The molecule has 0 aromatic heterocycles. The average Bonchev–Trinajstić information content (AvgIpc) is 2.60. The molecule has 3 heteroatoms. The summed E-state index contributed by atoms with van der Waals surface area (Å²) in [7, 11) is 0. The van der Waals surface area contributed by atoms with E-state index in [4.69, 9.17) is 11.6 Å². The molecule has 152 valence electrons. The van der Waals surface area contributed by atoms with E-state index < -0.39 is 0 Å². The summed E-state index contributed by atoms with van der Waals surface area (Å²) < 4.78 is 0.961. The average molecular weight is 471 g/mol. The van der Waals surface area contributed by atoms with Gasteiger partial charge in [0, 0.05) is 26.6 Å². The second kappa shape index (κ2) is 8.16. The van der Waals surface area contributed by atoms with E-state index in [-0.39, 0.29) is 10.8 Å². The van der Waals surface area contributed by atoms with Gasteiger partial charge in [-0.2, -0.15) is 0 Å². The number of hydrogen-bond acceptors (Lipinski definition) is 1. The summed E-state index contributed by atoms with van der Waals surface area (Å²) in [6.07, 6.45) is 0. The highest BCUT2D eigenvalue weighted by Crippen LogP contribution is 2.39. The molecule has 29 heavy (non-hydrogen) atoms. The van der Waals surface area contributed by atoms with Crippen LogP contribution in [0.3, 0.4) is 0 Å². The Hall–Kier alpha value is -1.77. The number of anilines is 3. The third-order valence-corrected chi connectivity index (χ3v) is 5.76. The normalized spacial score (nSPS) is 12.1. The topological polar surface area (TPSA) is 3.24 Å². The molecule has 0 aliphatic rings. The molecule has 0 N–H and O–H groups in total. The number of hydrogen-bond donors (Lipinski definition) is 0. The zero-order valence-corrected chi connectivity index (χ0v) is 20.4. The molecule has 0 bridgehead atoms. The molecule has 0 atom stereocenters. The van der Waals surface area contributed by atoms with Gasteiger partial charge in [-0.25, -0.2) is 0 Å². The summed E-state index contributed by atoms with van der Waals surface area (Å²) >= 11 is 9.97. The van der Waals surface area contributed by atoms with Crippen molar-refractivity contribution in [2.45, 2.75) is 52.4 Å². The summed E-state index contributed by atoms with van der Waals surface area (Å²) in [5.41, 5.74) is 6.11. The van der Waals surface area contributed by atoms with Crippen molar-refractivity contribution in [3.63, 3.8) is 0 Å². The quantitative estimate of drug-likeness (QED) is 0.369. The standard InChI is InChI=1S/C26H29BrClN/c1-25(2,3)18-7-11-22(12-8-18)29(24-16-20(27)15-21(28)17-24)23-13-9-19(10-14-23)26(4,5)6/h7-17H,1-6H3. The van der Waals surface area contributed by atoms with Gasteiger partial charge in [-0.05, 0) is 64.4 Å². The first-order valence-corrected chi connectivity index (χ1v) is 11.1. The minimum Gasteiger partial charge on any atom is -0.310 e. The van der Waals surface area contributed by atoms with Gasteiger partial charge in [0.15, 0.2) is 0 Å². The summed E-state index contributed by atoms with van der Waals surface area (Å²) in [5, 5.41) is 0.706. The fourth-order valence-corrected chi connectivity index (χ4v) is 4.18. The largest absolute Gasteiger partial charge is 0.310 e. The van der Waals surface area contributed by atoms with Crippen molar-refractivity contribution in [3.8, 4) is 0 Å². The molecule has 3 aromatic rings. The molecule has 0 aliphatic heterocycles. The second-order valence-electron chi connectivity index (χ2n) is 9.56. The van der Waals surface area contributed by atoms with Crippen molar-refractivity contribution in [3.05, 3.63) is 87.4 Å². The number of rotatable bonds is 3. The van der Waals surface area contributed by atoms with Crippen molar-refractivity contribution >= 4 is 44.6 Å². The van der Waals surface area contributed by atoms with Gasteiger partial charge in [0.05, 0.1) is 0 Å². The smallest absolute Gasteiger partial charge is 0.0487 e. The van der Waals surface area contributed by atoms with Crippen LogP contribution in [0.4, 0.5) is 17.1 Å². The highest BCUT2D eigenvalue weighted by atomic mass is 79.9. The van der Waals surface area contributed by atoms with E-state index in [1.807, 2.05) is 12.1 Å². The van der Waals surface area contributed by atoms with E-state index in [9.17, 15) is 0 Å². The van der Waals surface area contributed by atoms with Crippen molar-refractivity contribution in [2.24, 2.45) is 0 Å². The Morgan fingerprint density at radius 1 is 0.621 bits per heavy atom. The van der Waals surface area contributed by atoms with Crippen LogP contribution in [0.15, 0.2) is 71.2 Å².